The number of hydrogen-bond donors (Lipinski definition) is 2. The molecule has 7 heteroatoms. The number of nitrogens with zero attached hydrogens (tertiary/aromatic N) is 1. The monoisotopic (exact) mass is 342 g/mol. The highest BCUT2D eigenvalue weighted by atomic mass is 35.5. The fourth-order valence-corrected chi connectivity index (χ4v) is 2.45. The number of β-amino-alcohol motifs (C(OH)–C–C–N with tert-alkyl or cyclic N) is 1. The van der Waals surface area contributed by atoms with Crippen LogP contribution in [0.5, 0.6) is 0 Å². The van der Waals surface area contributed by atoms with Crippen LogP contribution in [0.4, 0.5) is 8.78 Å². The summed E-state index contributed by atoms with van der Waals surface area (Å²) in [6.45, 7) is 2.44. The van der Waals surface area contributed by atoms with E-state index >= 15 is 0 Å². The molecule has 0 saturated carbocycles. The van der Waals surface area contributed by atoms with Gasteiger partial charge < -0.3 is 15.7 Å². The van der Waals surface area contributed by atoms with E-state index in [1.54, 1.807) is 0 Å². The van der Waals surface area contributed by atoms with Gasteiger partial charge in [0.1, 0.15) is 11.6 Å². The lowest BCUT2D eigenvalue weighted by Crippen LogP contribution is -2.44. The molecule has 0 spiro atoms. The molecule has 3 nitrogen and oxygen atoms in total. The van der Waals surface area contributed by atoms with Crippen LogP contribution in [0.1, 0.15) is 18.4 Å². The van der Waals surface area contributed by atoms with Gasteiger partial charge in [-0.1, -0.05) is 0 Å². The minimum Gasteiger partial charge on any atom is -0.390 e. The molecule has 122 valence electrons. The zero-order chi connectivity index (χ0) is 13.8. The molecule has 1 heterocycles. The predicted molar refractivity (Wildman–Crippen MR) is 84.2 cm³/mol. The van der Waals surface area contributed by atoms with Crippen molar-refractivity contribution in [2.75, 3.05) is 19.6 Å². The van der Waals surface area contributed by atoms with Gasteiger partial charge in [-0.05, 0) is 56.1 Å². The summed E-state index contributed by atoms with van der Waals surface area (Å²) in [6.07, 6.45) is 1.69. The third kappa shape index (κ3) is 6.04. The second kappa shape index (κ2) is 9.54. The fourth-order valence-electron chi connectivity index (χ4n) is 2.45. The van der Waals surface area contributed by atoms with E-state index in [0.717, 1.165) is 44.1 Å². The molecular weight excluding hydrogens is 321 g/mol. The predicted octanol–water partition coefficient (Wildman–Crippen LogP) is 2.13. The number of hydrogen-bond acceptors (Lipinski definition) is 3. The number of aliphatic hydroxyl groups excluding tert-OH is 1. The minimum absolute atomic E-state index is 0. The molecule has 2 rings (SSSR count). The molecule has 0 bridgehead atoms. The van der Waals surface area contributed by atoms with Crippen molar-refractivity contribution in [2.24, 2.45) is 5.73 Å². The van der Waals surface area contributed by atoms with E-state index < -0.39 is 23.8 Å². The van der Waals surface area contributed by atoms with Crippen LogP contribution >= 0.6 is 24.8 Å². The van der Waals surface area contributed by atoms with Gasteiger partial charge in [-0.25, -0.2) is 8.78 Å². The largest absolute Gasteiger partial charge is 0.390 e. The summed E-state index contributed by atoms with van der Waals surface area (Å²) in [7, 11) is 0. The molecule has 2 atom stereocenters. The zero-order valence-electron chi connectivity index (χ0n) is 11.7. The SMILES string of the molecule is Cl.Cl.N[C@H](Cc1cc(F)ccc1F)[C@@H](O)CN1CCCC1. The Bertz CT molecular complexity index is 431. The van der Waals surface area contributed by atoms with E-state index in [0.29, 0.717) is 6.54 Å². The standard InChI is InChI=1S/C14H20F2N2O.2ClH/c15-11-3-4-12(16)10(7-11)8-13(17)14(19)9-18-5-1-2-6-18;;/h3-4,7,13-14,19H,1-2,5-6,8-9,17H2;2*1H/t13-,14+;;/m1../s1. The summed E-state index contributed by atoms with van der Waals surface area (Å²) in [4.78, 5) is 2.15. The maximum Gasteiger partial charge on any atom is 0.126 e. The van der Waals surface area contributed by atoms with Gasteiger partial charge in [0.05, 0.1) is 6.10 Å². The van der Waals surface area contributed by atoms with E-state index in [1.807, 2.05) is 0 Å². The van der Waals surface area contributed by atoms with Crippen molar-refractivity contribution in [2.45, 2.75) is 31.4 Å². The van der Waals surface area contributed by atoms with Gasteiger partial charge in [-0.2, -0.15) is 0 Å². The third-order valence-electron chi connectivity index (χ3n) is 3.60. The Morgan fingerprint density at radius 1 is 1.19 bits per heavy atom. The van der Waals surface area contributed by atoms with Crippen molar-refractivity contribution in [1.29, 1.82) is 0 Å². The number of aliphatic hydroxyl groups is 1. The summed E-state index contributed by atoms with van der Waals surface area (Å²) in [5.41, 5.74) is 6.10. The van der Waals surface area contributed by atoms with Crippen LogP contribution in [0, 0.1) is 11.6 Å². The van der Waals surface area contributed by atoms with E-state index in [4.69, 9.17) is 5.73 Å². The Balaban J connectivity index is 0.00000200. The Hall–Kier alpha value is -0.460. The van der Waals surface area contributed by atoms with Crippen molar-refractivity contribution in [3.05, 3.63) is 35.4 Å². The van der Waals surface area contributed by atoms with Gasteiger partial charge >= 0.3 is 0 Å². The van der Waals surface area contributed by atoms with Gasteiger partial charge in [-0.3, -0.25) is 0 Å². The van der Waals surface area contributed by atoms with Crippen molar-refractivity contribution in [3.8, 4) is 0 Å². The topological polar surface area (TPSA) is 49.5 Å². The molecule has 0 aliphatic carbocycles. The molecule has 21 heavy (non-hydrogen) atoms. The van der Waals surface area contributed by atoms with Crippen LogP contribution in [0.3, 0.4) is 0 Å². The number of halogens is 4. The molecule has 1 aliphatic rings. The van der Waals surface area contributed by atoms with Crippen LogP contribution in [-0.2, 0) is 6.42 Å². The molecule has 1 fully saturated rings. The highest BCUT2D eigenvalue weighted by Crippen LogP contribution is 2.14. The highest BCUT2D eigenvalue weighted by Gasteiger charge is 2.21. The van der Waals surface area contributed by atoms with Gasteiger partial charge in [0.25, 0.3) is 0 Å². The Morgan fingerprint density at radius 2 is 1.81 bits per heavy atom. The van der Waals surface area contributed by atoms with Crippen LogP contribution < -0.4 is 5.73 Å². The number of nitrogens with two attached hydrogens (primary N) is 1. The van der Waals surface area contributed by atoms with Crippen molar-refractivity contribution in [1.82, 2.24) is 4.90 Å². The summed E-state index contributed by atoms with van der Waals surface area (Å²) in [5.74, 6) is -0.970. The quantitative estimate of drug-likeness (QED) is 0.861. The molecule has 0 radical (unpaired) electrons. The lowest BCUT2D eigenvalue weighted by atomic mass is 10.0. The maximum absolute atomic E-state index is 13.5. The van der Waals surface area contributed by atoms with Crippen molar-refractivity contribution >= 4 is 24.8 Å². The Kier molecular flexibility index (Phi) is 9.33. The minimum atomic E-state index is -0.722. The molecule has 1 aliphatic heterocycles. The van der Waals surface area contributed by atoms with Gasteiger partial charge in [0.2, 0.25) is 0 Å². The summed E-state index contributed by atoms with van der Waals surface area (Å²) < 4.78 is 26.5. The average Bonchev–Trinajstić information content (AvgIpc) is 2.86. The Morgan fingerprint density at radius 3 is 2.43 bits per heavy atom. The number of likely N-dealkylation sites (tertiary alicyclic amines) is 1. The normalized spacial score (nSPS) is 17.7. The molecule has 0 amide bonds. The van der Waals surface area contributed by atoms with Crippen LogP contribution in [0.2, 0.25) is 0 Å². The summed E-state index contributed by atoms with van der Waals surface area (Å²) >= 11 is 0. The first-order valence-corrected chi connectivity index (χ1v) is 6.66. The first-order valence-electron chi connectivity index (χ1n) is 6.66. The van der Waals surface area contributed by atoms with Crippen LogP contribution in [0.25, 0.3) is 0 Å². The van der Waals surface area contributed by atoms with Gasteiger partial charge in [0.15, 0.2) is 0 Å². The van der Waals surface area contributed by atoms with Crippen molar-refractivity contribution in [3.63, 3.8) is 0 Å². The van der Waals surface area contributed by atoms with E-state index in [1.165, 1.54) is 0 Å². The number of rotatable bonds is 5. The van der Waals surface area contributed by atoms with E-state index in [2.05, 4.69) is 4.90 Å². The van der Waals surface area contributed by atoms with Crippen LogP contribution in [-0.4, -0.2) is 41.8 Å². The molecule has 0 unspecified atom stereocenters. The lowest BCUT2D eigenvalue weighted by molar-refractivity contribution is 0.101. The van der Waals surface area contributed by atoms with E-state index in [-0.39, 0.29) is 36.8 Å². The smallest absolute Gasteiger partial charge is 0.126 e. The highest BCUT2D eigenvalue weighted by molar-refractivity contribution is 5.85. The van der Waals surface area contributed by atoms with E-state index in [9.17, 15) is 13.9 Å². The second-order valence-electron chi connectivity index (χ2n) is 5.18. The lowest BCUT2D eigenvalue weighted by Gasteiger charge is -2.24. The first kappa shape index (κ1) is 20.5. The third-order valence-corrected chi connectivity index (χ3v) is 3.60. The second-order valence-corrected chi connectivity index (χ2v) is 5.18. The molecule has 3 N–H and O–H groups in total. The summed E-state index contributed by atoms with van der Waals surface area (Å²) in [6, 6.07) is 2.71. The fraction of sp³-hybridized carbons (Fsp3) is 0.571. The zero-order valence-corrected chi connectivity index (χ0v) is 13.3. The summed E-state index contributed by atoms with van der Waals surface area (Å²) in [5, 5.41) is 10.0. The molecule has 1 aromatic carbocycles. The van der Waals surface area contributed by atoms with Gasteiger partial charge in [-0.15, -0.1) is 24.8 Å². The van der Waals surface area contributed by atoms with Gasteiger partial charge in [0, 0.05) is 12.6 Å². The average molecular weight is 343 g/mol. The number of benzene rings is 1. The maximum atomic E-state index is 13.5. The first-order chi connectivity index (χ1) is 9.06. The van der Waals surface area contributed by atoms with Crippen molar-refractivity contribution < 1.29 is 13.9 Å². The molecular formula is C14H22Cl2F2N2O. The molecule has 0 aromatic heterocycles. The molecule has 1 aromatic rings. The van der Waals surface area contributed by atoms with Crippen LogP contribution in [0.15, 0.2) is 18.2 Å². The Labute approximate surface area is 136 Å². The molecule has 1 saturated heterocycles.